The third kappa shape index (κ3) is 4.85. The molecule has 0 aromatic heterocycles. The number of allylic oxidation sites excluding steroid dienone is 2. The first-order valence-electron chi connectivity index (χ1n) is 9.78. The summed E-state index contributed by atoms with van der Waals surface area (Å²) in [5.41, 5.74) is 1.72. The van der Waals surface area contributed by atoms with E-state index < -0.39 is 5.97 Å². The molecule has 0 fully saturated rings. The van der Waals surface area contributed by atoms with Gasteiger partial charge in [-0.15, -0.1) is 0 Å². The maximum atomic E-state index is 12.2. The van der Waals surface area contributed by atoms with Gasteiger partial charge in [-0.2, -0.15) is 0 Å². The average molecular weight is 370 g/mol. The first-order chi connectivity index (χ1) is 13.1. The maximum absolute atomic E-state index is 12.2. The molecule has 0 aliphatic heterocycles. The van der Waals surface area contributed by atoms with Gasteiger partial charge in [0.1, 0.15) is 5.75 Å². The van der Waals surface area contributed by atoms with Crippen LogP contribution in [0.1, 0.15) is 60.9 Å². The third-order valence-electron chi connectivity index (χ3n) is 5.52. The van der Waals surface area contributed by atoms with Crippen molar-refractivity contribution in [2.45, 2.75) is 51.4 Å². The largest absolute Gasteiger partial charge is 0.492 e. The molecule has 0 radical (unpaired) electrons. The van der Waals surface area contributed by atoms with Gasteiger partial charge in [0.15, 0.2) is 11.6 Å². The van der Waals surface area contributed by atoms with E-state index in [0.29, 0.717) is 25.9 Å². The lowest BCUT2D eigenvalue weighted by molar-refractivity contribution is -0.137. The molecule has 5 heteroatoms. The number of benzene rings is 1. The van der Waals surface area contributed by atoms with Gasteiger partial charge in [0.25, 0.3) is 0 Å². The number of aliphatic carboxylic acids is 1. The molecule has 2 aliphatic carbocycles. The predicted molar refractivity (Wildman–Crippen MR) is 101 cm³/mol. The minimum Gasteiger partial charge on any atom is -0.492 e. The first kappa shape index (κ1) is 19.3. The number of Topliss-reactive ketones (excluding diaryl/α,β-unsaturated/α-hetero) is 1. The number of ketones is 2. The zero-order valence-electron chi connectivity index (χ0n) is 15.5. The van der Waals surface area contributed by atoms with Gasteiger partial charge in [-0.05, 0) is 37.3 Å². The van der Waals surface area contributed by atoms with Gasteiger partial charge in [0.2, 0.25) is 0 Å². The molecule has 0 spiro atoms. The summed E-state index contributed by atoms with van der Waals surface area (Å²) in [7, 11) is 0. The Balaban J connectivity index is 1.48. The van der Waals surface area contributed by atoms with Crippen molar-refractivity contribution < 1.29 is 24.2 Å². The minimum absolute atomic E-state index is 0.106. The van der Waals surface area contributed by atoms with Crippen molar-refractivity contribution in [1.82, 2.24) is 0 Å². The summed E-state index contributed by atoms with van der Waals surface area (Å²) >= 11 is 0. The Bertz CT molecular complexity index is 749. The van der Waals surface area contributed by atoms with Crippen LogP contribution in [0.5, 0.6) is 5.75 Å². The fraction of sp³-hybridized carbons (Fsp3) is 0.500. The lowest BCUT2D eigenvalue weighted by Crippen LogP contribution is -2.23. The van der Waals surface area contributed by atoms with Crippen molar-refractivity contribution in [2.24, 2.45) is 11.8 Å². The molecule has 5 nitrogen and oxygen atoms in total. The zero-order chi connectivity index (χ0) is 19.2. The fourth-order valence-corrected chi connectivity index (χ4v) is 3.97. The molecular formula is C22H26O5. The van der Waals surface area contributed by atoms with E-state index >= 15 is 0 Å². The lowest BCUT2D eigenvalue weighted by atomic mass is 9.90. The molecular weight excluding hydrogens is 344 g/mol. The number of fused-ring (bicyclic) bond motifs is 1. The van der Waals surface area contributed by atoms with Gasteiger partial charge < -0.3 is 9.84 Å². The molecule has 144 valence electrons. The van der Waals surface area contributed by atoms with Crippen molar-refractivity contribution in [1.29, 1.82) is 0 Å². The van der Waals surface area contributed by atoms with Gasteiger partial charge in [-0.1, -0.05) is 37.5 Å². The number of rotatable bonds is 10. The topological polar surface area (TPSA) is 80.7 Å². The number of hydrogen-bond donors (Lipinski definition) is 1. The van der Waals surface area contributed by atoms with E-state index in [1.807, 2.05) is 24.3 Å². The monoisotopic (exact) mass is 370 g/mol. The summed E-state index contributed by atoms with van der Waals surface area (Å²) in [4.78, 5) is 34.6. The lowest BCUT2D eigenvalue weighted by Gasteiger charge is -2.19. The molecule has 3 rings (SSSR count). The van der Waals surface area contributed by atoms with Crippen LogP contribution in [0.25, 0.3) is 0 Å². The van der Waals surface area contributed by atoms with Crippen molar-refractivity contribution in [3.63, 3.8) is 0 Å². The van der Waals surface area contributed by atoms with Crippen molar-refractivity contribution in [3.8, 4) is 5.75 Å². The number of ether oxygens (including phenoxy) is 1. The second kappa shape index (κ2) is 8.98. The average Bonchev–Trinajstić information content (AvgIpc) is 3.19. The molecule has 0 heterocycles. The number of hydrogen-bond acceptors (Lipinski definition) is 4. The van der Waals surface area contributed by atoms with E-state index in [2.05, 4.69) is 0 Å². The van der Waals surface area contributed by atoms with Gasteiger partial charge in [0, 0.05) is 24.0 Å². The summed E-state index contributed by atoms with van der Waals surface area (Å²) in [6, 6.07) is 5.55. The van der Waals surface area contributed by atoms with Crippen molar-refractivity contribution in [3.05, 3.63) is 41.5 Å². The molecule has 0 bridgehead atoms. The number of carboxylic acid groups (broad SMARTS) is 1. The number of carboxylic acids is 1. The van der Waals surface area contributed by atoms with E-state index in [1.165, 1.54) is 0 Å². The van der Waals surface area contributed by atoms with Crippen LogP contribution in [0.4, 0.5) is 0 Å². The van der Waals surface area contributed by atoms with Crippen molar-refractivity contribution >= 4 is 17.5 Å². The molecule has 1 aromatic rings. The van der Waals surface area contributed by atoms with Crippen LogP contribution in [0, 0.1) is 11.8 Å². The summed E-state index contributed by atoms with van der Waals surface area (Å²) in [6.45, 7) is 0.333. The molecule has 1 aromatic carbocycles. The Morgan fingerprint density at radius 1 is 1.11 bits per heavy atom. The third-order valence-corrected chi connectivity index (χ3v) is 5.52. The number of carbonyl (C=O) groups is 3. The number of unbranched alkanes of at least 4 members (excludes halogenated alkanes) is 3. The summed E-state index contributed by atoms with van der Waals surface area (Å²) in [6.07, 6.45) is 9.58. The highest BCUT2D eigenvalue weighted by molar-refractivity contribution is 6.01. The van der Waals surface area contributed by atoms with E-state index in [9.17, 15) is 14.4 Å². The van der Waals surface area contributed by atoms with Crippen LogP contribution in [0.3, 0.4) is 0 Å². The highest BCUT2D eigenvalue weighted by atomic mass is 16.5. The standard InChI is InChI=1S/C22H26O5/c23-19-13-11-17-16(19)7-5-8-21(17)27-14-18-15(10-12-20(18)24)6-3-1-2-4-9-22(25)26/h5,7-8,10,12,15,18H,1-4,6,9,11,13-14H2,(H,25,26)/t15-,18+/m0/s1. The smallest absolute Gasteiger partial charge is 0.303 e. The van der Waals surface area contributed by atoms with Gasteiger partial charge in [-0.3, -0.25) is 14.4 Å². The predicted octanol–water partition coefficient (Wildman–Crippen LogP) is 3.99. The Morgan fingerprint density at radius 3 is 2.74 bits per heavy atom. The van der Waals surface area contributed by atoms with E-state index in [1.54, 1.807) is 6.08 Å². The van der Waals surface area contributed by atoms with Crippen molar-refractivity contribution in [2.75, 3.05) is 6.61 Å². The Morgan fingerprint density at radius 2 is 1.93 bits per heavy atom. The fourth-order valence-electron chi connectivity index (χ4n) is 3.97. The SMILES string of the molecule is O=C(O)CCCCCC[C@H]1C=CC(=O)[C@@H]1COc1cccc2c1CCC2=O. The Kier molecular flexibility index (Phi) is 6.43. The molecule has 0 saturated heterocycles. The Hall–Kier alpha value is -2.43. The van der Waals surface area contributed by atoms with Gasteiger partial charge >= 0.3 is 5.97 Å². The van der Waals surface area contributed by atoms with Crippen LogP contribution in [-0.4, -0.2) is 29.2 Å². The zero-order valence-corrected chi connectivity index (χ0v) is 15.5. The highest BCUT2D eigenvalue weighted by Gasteiger charge is 2.31. The molecule has 2 aliphatic rings. The van der Waals surface area contributed by atoms with Gasteiger partial charge in [-0.25, -0.2) is 0 Å². The molecule has 0 saturated carbocycles. The summed E-state index contributed by atoms with van der Waals surface area (Å²) in [5, 5.41) is 8.65. The second-order valence-electron chi connectivity index (χ2n) is 7.39. The van der Waals surface area contributed by atoms with Gasteiger partial charge in [0.05, 0.1) is 12.5 Å². The molecule has 0 unspecified atom stereocenters. The normalized spacial score (nSPS) is 20.9. The summed E-state index contributed by atoms with van der Waals surface area (Å²) < 4.78 is 5.97. The Labute approximate surface area is 159 Å². The van der Waals surface area contributed by atoms with Crippen LogP contribution >= 0.6 is 0 Å². The van der Waals surface area contributed by atoms with Crippen LogP contribution in [0.2, 0.25) is 0 Å². The minimum atomic E-state index is -0.745. The van der Waals surface area contributed by atoms with Crippen LogP contribution in [0.15, 0.2) is 30.4 Å². The second-order valence-corrected chi connectivity index (χ2v) is 7.39. The molecule has 2 atom stereocenters. The molecule has 1 N–H and O–H groups in total. The number of carbonyl (C=O) groups excluding carboxylic acids is 2. The summed E-state index contributed by atoms with van der Waals surface area (Å²) in [5.74, 6) is 0.257. The highest BCUT2D eigenvalue weighted by Crippen LogP contribution is 2.33. The van der Waals surface area contributed by atoms with E-state index in [4.69, 9.17) is 9.84 Å². The maximum Gasteiger partial charge on any atom is 0.303 e. The quantitative estimate of drug-likeness (QED) is 0.630. The molecule has 27 heavy (non-hydrogen) atoms. The van der Waals surface area contributed by atoms with Crippen LogP contribution in [-0.2, 0) is 16.0 Å². The first-order valence-corrected chi connectivity index (χ1v) is 9.78. The molecule has 0 amide bonds. The van der Waals surface area contributed by atoms with E-state index in [-0.39, 0.29) is 29.8 Å². The van der Waals surface area contributed by atoms with E-state index in [0.717, 1.165) is 42.6 Å². The van der Waals surface area contributed by atoms with Crippen LogP contribution < -0.4 is 4.74 Å².